The number of thioether (sulfide) groups is 1. The van der Waals surface area contributed by atoms with Crippen molar-refractivity contribution in [2.75, 3.05) is 18.8 Å². The van der Waals surface area contributed by atoms with E-state index in [0.29, 0.717) is 11.7 Å². The first-order valence-electron chi connectivity index (χ1n) is 8.92. The molecule has 0 bridgehead atoms. The van der Waals surface area contributed by atoms with Crippen LogP contribution in [0.2, 0.25) is 0 Å². The first-order chi connectivity index (χ1) is 12.5. The molecule has 0 aliphatic carbocycles. The van der Waals surface area contributed by atoms with Gasteiger partial charge in [-0.3, -0.25) is 14.4 Å². The number of carbonyl (C=O) groups is 3. The topological polar surface area (TPSA) is 75.7 Å². The lowest BCUT2D eigenvalue weighted by atomic mass is 10.0. The number of ether oxygens (including phenoxy) is 1. The number of carbonyl (C=O) groups excluding carboxylic acids is 3. The summed E-state index contributed by atoms with van der Waals surface area (Å²) < 4.78 is 5.13. The zero-order chi connectivity index (χ0) is 18.9. The molecule has 1 aliphatic heterocycles. The SMILES string of the molecule is CCC(CC)C1SCC(=O)N1CC(=O)NCC(=O)OCc1ccccc1. The second-order valence-electron chi connectivity index (χ2n) is 6.22. The Morgan fingerprint density at radius 3 is 2.62 bits per heavy atom. The van der Waals surface area contributed by atoms with Gasteiger partial charge in [0.15, 0.2) is 0 Å². The molecule has 2 amide bonds. The molecule has 1 atom stereocenters. The molecule has 1 aromatic rings. The van der Waals surface area contributed by atoms with Gasteiger partial charge in [-0.2, -0.15) is 0 Å². The third-order valence-electron chi connectivity index (χ3n) is 4.44. The molecule has 1 unspecified atom stereocenters. The molecule has 2 rings (SSSR count). The van der Waals surface area contributed by atoms with Crippen LogP contribution in [0.25, 0.3) is 0 Å². The molecule has 6 nitrogen and oxygen atoms in total. The van der Waals surface area contributed by atoms with E-state index in [1.807, 2.05) is 30.3 Å². The molecule has 0 spiro atoms. The number of nitrogens with zero attached hydrogens (tertiary/aromatic N) is 1. The highest BCUT2D eigenvalue weighted by atomic mass is 32.2. The van der Waals surface area contributed by atoms with Crippen molar-refractivity contribution in [3.05, 3.63) is 35.9 Å². The van der Waals surface area contributed by atoms with Crippen molar-refractivity contribution in [3.8, 4) is 0 Å². The zero-order valence-electron chi connectivity index (χ0n) is 15.3. The Labute approximate surface area is 158 Å². The van der Waals surface area contributed by atoms with E-state index >= 15 is 0 Å². The minimum absolute atomic E-state index is 0.0149. The Kier molecular flexibility index (Phi) is 7.97. The predicted molar refractivity (Wildman–Crippen MR) is 101 cm³/mol. The van der Waals surface area contributed by atoms with Gasteiger partial charge in [0.1, 0.15) is 19.7 Å². The Hall–Kier alpha value is -2.02. The van der Waals surface area contributed by atoms with Gasteiger partial charge >= 0.3 is 5.97 Å². The van der Waals surface area contributed by atoms with Crippen molar-refractivity contribution >= 4 is 29.5 Å². The maximum atomic E-state index is 12.1. The molecule has 1 aromatic carbocycles. The van der Waals surface area contributed by atoms with E-state index < -0.39 is 5.97 Å². The van der Waals surface area contributed by atoms with Crippen molar-refractivity contribution in [1.82, 2.24) is 10.2 Å². The van der Waals surface area contributed by atoms with Crippen molar-refractivity contribution in [1.29, 1.82) is 0 Å². The van der Waals surface area contributed by atoms with Crippen LogP contribution < -0.4 is 5.32 Å². The number of hydrogen-bond donors (Lipinski definition) is 1. The summed E-state index contributed by atoms with van der Waals surface area (Å²) in [6, 6.07) is 9.35. The summed E-state index contributed by atoms with van der Waals surface area (Å²) in [5.41, 5.74) is 0.889. The number of rotatable bonds is 9. The van der Waals surface area contributed by atoms with Gasteiger partial charge in [-0.05, 0) is 11.5 Å². The summed E-state index contributed by atoms with van der Waals surface area (Å²) in [5.74, 6) is -0.0776. The van der Waals surface area contributed by atoms with Crippen LogP contribution in [0.3, 0.4) is 0 Å². The number of benzene rings is 1. The summed E-state index contributed by atoms with van der Waals surface area (Å²) in [5, 5.41) is 2.58. The average molecular weight is 378 g/mol. The maximum Gasteiger partial charge on any atom is 0.325 e. The molecule has 1 N–H and O–H groups in total. The molecule has 0 aromatic heterocycles. The van der Waals surface area contributed by atoms with Crippen LogP contribution in [-0.4, -0.2) is 46.9 Å². The smallest absolute Gasteiger partial charge is 0.325 e. The lowest BCUT2D eigenvalue weighted by Crippen LogP contribution is -2.45. The van der Waals surface area contributed by atoms with E-state index in [4.69, 9.17) is 4.74 Å². The fraction of sp³-hybridized carbons (Fsp3) is 0.526. The standard InChI is InChI=1S/C19H26N2O4S/c1-3-15(4-2)19-21(17(23)13-26-19)11-16(22)20-10-18(24)25-12-14-8-6-5-7-9-14/h5-9,15,19H,3-4,10-13H2,1-2H3,(H,20,22). The van der Waals surface area contributed by atoms with Gasteiger partial charge in [-0.25, -0.2) is 0 Å². The molecule has 1 heterocycles. The van der Waals surface area contributed by atoms with Crippen LogP contribution in [0.4, 0.5) is 0 Å². The maximum absolute atomic E-state index is 12.1. The summed E-state index contributed by atoms with van der Waals surface area (Å²) in [4.78, 5) is 37.6. The predicted octanol–water partition coefficient (Wildman–Crippen LogP) is 2.18. The number of amides is 2. The van der Waals surface area contributed by atoms with Crippen LogP contribution in [0.1, 0.15) is 32.3 Å². The first kappa shape index (κ1) is 20.3. The molecule has 0 radical (unpaired) electrons. The highest BCUT2D eigenvalue weighted by Crippen LogP contribution is 2.33. The molecule has 1 saturated heterocycles. The van der Waals surface area contributed by atoms with Gasteiger partial charge in [0, 0.05) is 0 Å². The Balaban J connectivity index is 1.76. The normalized spacial score (nSPS) is 16.8. The van der Waals surface area contributed by atoms with Crippen LogP contribution in [0.5, 0.6) is 0 Å². The van der Waals surface area contributed by atoms with E-state index in [1.165, 1.54) is 0 Å². The number of nitrogens with one attached hydrogen (secondary N) is 1. The van der Waals surface area contributed by atoms with Gasteiger partial charge in [0.05, 0.1) is 11.1 Å². The van der Waals surface area contributed by atoms with E-state index in [2.05, 4.69) is 19.2 Å². The average Bonchev–Trinajstić information content (AvgIpc) is 3.01. The summed E-state index contributed by atoms with van der Waals surface area (Å²) >= 11 is 1.59. The van der Waals surface area contributed by atoms with Gasteiger partial charge < -0.3 is 15.0 Å². The summed E-state index contributed by atoms with van der Waals surface area (Å²) in [6.07, 6.45) is 1.93. The Bertz CT molecular complexity index is 619. The summed E-state index contributed by atoms with van der Waals surface area (Å²) in [6.45, 7) is 4.15. The van der Waals surface area contributed by atoms with Crippen molar-refractivity contribution in [3.63, 3.8) is 0 Å². The van der Waals surface area contributed by atoms with Gasteiger partial charge in [0.2, 0.25) is 11.8 Å². The molecular formula is C19H26N2O4S. The van der Waals surface area contributed by atoms with Crippen LogP contribution in [-0.2, 0) is 25.7 Å². The van der Waals surface area contributed by atoms with Crippen molar-refractivity contribution < 1.29 is 19.1 Å². The third-order valence-corrected chi connectivity index (χ3v) is 5.84. The number of hydrogen-bond acceptors (Lipinski definition) is 5. The van der Waals surface area contributed by atoms with Crippen molar-refractivity contribution in [2.24, 2.45) is 5.92 Å². The first-order valence-corrected chi connectivity index (χ1v) is 9.97. The highest BCUT2D eigenvalue weighted by molar-refractivity contribution is 8.01. The van der Waals surface area contributed by atoms with E-state index in [0.717, 1.165) is 18.4 Å². The largest absolute Gasteiger partial charge is 0.460 e. The Morgan fingerprint density at radius 1 is 1.27 bits per heavy atom. The lowest BCUT2D eigenvalue weighted by Gasteiger charge is -2.29. The molecule has 26 heavy (non-hydrogen) atoms. The van der Waals surface area contributed by atoms with Crippen LogP contribution >= 0.6 is 11.8 Å². The van der Waals surface area contributed by atoms with Gasteiger partial charge in [-0.1, -0.05) is 57.0 Å². The lowest BCUT2D eigenvalue weighted by molar-refractivity contribution is -0.145. The minimum atomic E-state index is -0.499. The fourth-order valence-corrected chi connectivity index (χ4v) is 4.41. The molecule has 7 heteroatoms. The van der Waals surface area contributed by atoms with E-state index in [1.54, 1.807) is 16.7 Å². The third kappa shape index (κ3) is 5.76. The van der Waals surface area contributed by atoms with Crippen LogP contribution in [0, 0.1) is 5.92 Å². The quantitative estimate of drug-likeness (QED) is 0.667. The Morgan fingerprint density at radius 2 is 1.96 bits per heavy atom. The molecule has 1 fully saturated rings. The highest BCUT2D eigenvalue weighted by Gasteiger charge is 2.36. The molecule has 1 aliphatic rings. The van der Waals surface area contributed by atoms with Crippen LogP contribution in [0.15, 0.2) is 30.3 Å². The second-order valence-corrected chi connectivity index (χ2v) is 7.33. The monoisotopic (exact) mass is 378 g/mol. The number of esters is 1. The second kappa shape index (κ2) is 10.2. The zero-order valence-corrected chi connectivity index (χ0v) is 16.1. The fourth-order valence-electron chi connectivity index (χ4n) is 2.90. The van der Waals surface area contributed by atoms with E-state index in [-0.39, 0.29) is 36.9 Å². The molecular weight excluding hydrogens is 352 g/mol. The summed E-state index contributed by atoms with van der Waals surface area (Å²) in [7, 11) is 0. The molecule has 142 valence electrons. The molecule has 0 saturated carbocycles. The van der Waals surface area contributed by atoms with E-state index in [9.17, 15) is 14.4 Å². The van der Waals surface area contributed by atoms with Gasteiger partial charge in [-0.15, -0.1) is 11.8 Å². The van der Waals surface area contributed by atoms with Gasteiger partial charge in [0.25, 0.3) is 0 Å². The van der Waals surface area contributed by atoms with Crippen molar-refractivity contribution in [2.45, 2.75) is 38.7 Å². The minimum Gasteiger partial charge on any atom is -0.460 e.